The molecular weight excluding hydrogens is 252 g/mol. The van der Waals surface area contributed by atoms with Gasteiger partial charge >= 0.3 is 6.09 Å². The number of aryl methyl sites for hydroxylation is 1. The highest BCUT2D eigenvalue weighted by Gasteiger charge is 2.37. The third-order valence-corrected chi connectivity index (χ3v) is 3.26. The zero-order chi connectivity index (χ0) is 14.9. The summed E-state index contributed by atoms with van der Waals surface area (Å²) in [6, 6.07) is 6.25. The minimum Gasteiger partial charge on any atom is -0.443 e. The fourth-order valence-corrected chi connectivity index (χ4v) is 2.20. The summed E-state index contributed by atoms with van der Waals surface area (Å²) in [7, 11) is 0. The largest absolute Gasteiger partial charge is 0.443 e. The van der Waals surface area contributed by atoms with E-state index in [0.717, 1.165) is 29.7 Å². The molecule has 0 radical (unpaired) electrons. The smallest absolute Gasteiger partial charge is 0.415 e. The van der Waals surface area contributed by atoms with Crippen molar-refractivity contribution < 1.29 is 9.53 Å². The predicted molar refractivity (Wildman–Crippen MR) is 80.8 cm³/mol. The van der Waals surface area contributed by atoms with Crippen LogP contribution in [0.25, 0.3) is 0 Å². The predicted octanol–water partition coefficient (Wildman–Crippen LogP) is 3.36. The molecule has 0 heterocycles. The number of anilines is 1. The van der Waals surface area contributed by atoms with Crippen molar-refractivity contribution in [2.75, 3.05) is 4.90 Å². The van der Waals surface area contributed by atoms with Crippen molar-refractivity contribution in [3.8, 4) is 0 Å². The molecule has 1 aromatic carbocycles. The maximum atomic E-state index is 12.4. The quantitative estimate of drug-likeness (QED) is 0.921. The van der Waals surface area contributed by atoms with Gasteiger partial charge in [-0.05, 0) is 57.7 Å². The highest BCUT2D eigenvalue weighted by atomic mass is 16.6. The Morgan fingerprint density at radius 2 is 2.05 bits per heavy atom. The Morgan fingerprint density at radius 1 is 1.40 bits per heavy atom. The molecule has 4 heteroatoms. The van der Waals surface area contributed by atoms with Crippen LogP contribution in [0.2, 0.25) is 0 Å². The van der Waals surface area contributed by atoms with E-state index in [0.29, 0.717) is 6.54 Å². The van der Waals surface area contributed by atoms with Crippen molar-refractivity contribution in [3.05, 3.63) is 29.3 Å². The van der Waals surface area contributed by atoms with Gasteiger partial charge in [0.2, 0.25) is 0 Å². The van der Waals surface area contributed by atoms with Gasteiger partial charge in [-0.1, -0.05) is 12.1 Å². The summed E-state index contributed by atoms with van der Waals surface area (Å²) < 4.78 is 5.53. The van der Waals surface area contributed by atoms with Gasteiger partial charge in [0, 0.05) is 12.6 Å². The van der Waals surface area contributed by atoms with Crippen LogP contribution in [0.5, 0.6) is 0 Å². The van der Waals surface area contributed by atoms with E-state index < -0.39 is 5.60 Å². The lowest BCUT2D eigenvalue weighted by molar-refractivity contribution is 0.0577. The van der Waals surface area contributed by atoms with Crippen molar-refractivity contribution in [3.63, 3.8) is 0 Å². The number of nitrogens with zero attached hydrogens (tertiary/aromatic N) is 1. The highest BCUT2D eigenvalue weighted by molar-refractivity contribution is 5.90. The summed E-state index contributed by atoms with van der Waals surface area (Å²) in [4.78, 5) is 14.2. The molecule has 1 aliphatic carbocycles. The van der Waals surface area contributed by atoms with Gasteiger partial charge in [0.05, 0.1) is 5.69 Å². The molecular formula is C16H24N2O2. The minimum atomic E-state index is -0.477. The number of ether oxygens (including phenoxy) is 1. The van der Waals surface area contributed by atoms with Gasteiger partial charge < -0.3 is 10.5 Å². The molecule has 0 aromatic heterocycles. The second kappa shape index (κ2) is 5.44. The van der Waals surface area contributed by atoms with Crippen LogP contribution in [-0.2, 0) is 11.3 Å². The zero-order valence-electron chi connectivity index (χ0n) is 12.8. The molecule has 1 saturated carbocycles. The van der Waals surface area contributed by atoms with Gasteiger partial charge in [-0.25, -0.2) is 4.79 Å². The lowest BCUT2D eigenvalue weighted by Crippen LogP contribution is -2.38. The molecule has 0 saturated heterocycles. The number of hydrogen-bond donors (Lipinski definition) is 1. The van der Waals surface area contributed by atoms with E-state index in [4.69, 9.17) is 10.5 Å². The van der Waals surface area contributed by atoms with Crippen LogP contribution in [-0.4, -0.2) is 17.7 Å². The van der Waals surface area contributed by atoms with Crippen molar-refractivity contribution in [2.45, 2.75) is 58.7 Å². The van der Waals surface area contributed by atoms with Crippen LogP contribution in [0.3, 0.4) is 0 Å². The van der Waals surface area contributed by atoms with E-state index in [1.807, 2.05) is 45.9 Å². The normalized spacial score (nSPS) is 15.1. The summed E-state index contributed by atoms with van der Waals surface area (Å²) in [5, 5.41) is 0. The van der Waals surface area contributed by atoms with Crippen LogP contribution < -0.4 is 10.6 Å². The second-order valence-corrected chi connectivity index (χ2v) is 6.41. The molecule has 2 rings (SSSR count). The molecule has 0 aliphatic heterocycles. The number of carbonyl (C=O) groups is 1. The van der Waals surface area contributed by atoms with E-state index >= 15 is 0 Å². The monoisotopic (exact) mass is 276 g/mol. The topological polar surface area (TPSA) is 55.6 Å². The van der Waals surface area contributed by atoms with E-state index in [1.54, 1.807) is 4.90 Å². The standard InChI is InChI=1S/C16H24N2O2/c1-11-9-12(10-17)5-8-14(11)18(13-6-7-13)15(19)20-16(2,3)4/h5,8-9,13H,6-7,10,17H2,1-4H3. The van der Waals surface area contributed by atoms with Crippen molar-refractivity contribution in [2.24, 2.45) is 5.73 Å². The first kappa shape index (κ1) is 14.9. The first-order valence-corrected chi connectivity index (χ1v) is 7.13. The number of carbonyl (C=O) groups excluding carboxylic acids is 1. The Labute approximate surface area is 120 Å². The molecule has 1 aliphatic rings. The average molecular weight is 276 g/mol. The highest BCUT2D eigenvalue weighted by Crippen LogP contribution is 2.35. The first-order valence-electron chi connectivity index (χ1n) is 7.13. The molecule has 1 aromatic rings. The zero-order valence-corrected chi connectivity index (χ0v) is 12.8. The molecule has 20 heavy (non-hydrogen) atoms. The number of amides is 1. The Bertz CT molecular complexity index is 502. The van der Waals surface area contributed by atoms with Crippen molar-refractivity contribution in [1.82, 2.24) is 0 Å². The fourth-order valence-electron chi connectivity index (χ4n) is 2.20. The van der Waals surface area contributed by atoms with Gasteiger partial charge in [-0.15, -0.1) is 0 Å². The Balaban J connectivity index is 2.27. The Kier molecular flexibility index (Phi) is 4.04. The summed E-state index contributed by atoms with van der Waals surface area (Å²) >= 11 is 0. The van der Waals surface area contributed by atoms with Gasteiger partial charge in [-0.3, -0.25) is 4.90 Å². The molecule has 4 nitrogen and oxygen atoms in total. The average Bonchev–Trinajstić information content (AvgIpc) is 3.13. The molecule has 1 fully saturated rings. The molecule has 2 N–H and O–H groups in total. The second-order valence-electron chi connectivity index (χ2n) is 6.41. The van der Waals surface area contributed by atoms with E-state index in [-0.39, 0.29) is 12.1 Å². The number of rotatable bonds is 3. The fraction of sp³-hybridized carbons (Fsp3) is 0.562. The van der Waals surface area contributed by atoms with Gasteiger partial charge in [-0.2, -0.15) is 0 Å². The van der Waals surface area contributed by atoms with Crippen LogP contribution in [0, 0.1) is 6.92 Å². The number of hydrogen-bond acceptors (Lipinski definition) is 3. The summed E-state index contributed by atoms with van der Waals surface area (Å²) in [5.41, 5.74) is 8.24. The lowest BCUT2D eigenvalue weighted by atomic mass is 10.1. The van der Waals surface area contributed by atoms with Crippen molar-refractivity contribution >= 4 is 11.8 Å². The minimum absolute atomic E-state index is 0.261. The van der Waals surface area contributed by atoms with Crippen LogP contribution in [0.15, 0.2) is 18.2 Å². The molecule has 0 spiro atoms. The summed E-state index contributed by atoms with van der Waals surface area (Å²) in [5.74, 6) is 0. The number of nitrogens with two attached hydrogens (primary N) is 1. The third-order valence-electron chi connectivity index (χ3n) is 3.26. The Morgan fingerprint density at radius 3 is 2.50 bits per heavy atom. The van der Waals surface area contributed by atoms with E-state index in [1.165, 1.54) is 0 Å². The molecule has 1 amide bonds. The summed E-state index contributed by atoms with van der Waals surface area (Å²) in [6.45, 7) is 8.19. The van der Waals surface area contributed by atoms with E-state index in [9.17, 15) is 4.79 Å². The molecule has 0 bridgehead atoms. The van der Waals surface area contributed by atoms with Gasteiger partial charge in [0.15, 0.2) is 0 Å². The Hall–Kier alpha value is -1.55. The van der Waals surface area contributed by atoms with Crippen LogP contribution in [0.1, 0.15) is 44.7 Å². The maximum absolute atomic E-state index is 12.4. The number of benzene rings is 1. The van der Waals surface area contributed by atoms with Crippen LogP contribution in [0.4, 0.5) is 10.5 Å². The molecule has 110 valence electrons. The SMILES string of the molecule is Cc1cc(CN)ccc1N(C(=O)OC(C)(C)C)C1CC1. The maximum Gasteiger partial charge on any atom is 0.415 e. The molecule has 0 atom stereocenters. The van der Waals surface area contributed by atoms with Crippen molar-refractivity contribution in [1.29, 1.82) is 0 Å². The lowest BCUT2D eigenvalue weighted by Gasteiger charge is -2.28. The van der Waals surface area contributed by atoms with Gasteiger partial charge in [0.25, 0.3) is 0 Å². The van der Waals surface area contributed by atoms with E-state index in [2.05, 4.69) is 0 Å². The van der Waals surface area contributed by atoms with Crippen LogP contribution >= 0.6 is 0 Å². The molecule has 0 unspecified atom stereocenters. The van der Waals surface area contributed by atoms with Gasteiger partial charge in [0.1, 0.15) is 5.60 Å². The first-order chi connectivity index (χ1) is 9.31. The summed E-state index contributed by atoms with van der Waals surface area (Å²) in [6.07, 6.45) is 1.82. The third kappa shape index (κ3) is 3.51.